The molecule has 3 N–H and O–H groups in total. The molecular formula is C14H19N2O. The monoisotopic (exact) mass is 231 g/mol. The van der Waals surface area contributed by atoms with Gasteiger partial charge in [0, 0.05) is 17.1 Å². The normalized spacial score (nSPS) is 10.9. The van der Waals surface area contributed by atoms with E-state index in [1.165, 1.54) is 10.9 Å². The minimum absolute atomic E-state index is 0.666. The topological polar surface area (TPSA) is 51.0 Å². The van der Waals surface area contributed by atoms with Crippen LogP contribution in [0.15, 0.2) is 24.4 Å². The fourth-order valence-electron chi connectivity index (χ4n) is 1.90. The highest BCUT2D eigenvalue weighted by atomic mass is 16.5. The van der Waals surface area contributed by atoms with E-state index in [9.17, 15) is 0 Å². The Morgan fingerprint density at radius 3 is 3.00 bits per heavy atom. The van der Waals surface area contributed by atoms with Crippen LogP contribution in [0, 0.1) is 6.92 Å². The molecular weight excluding hydrogens is 212 g/mol. The van der Waals surface area contributed by atoms with Crippen LogP contribution in [0.1, 0.15) is 18.4 Å². The minimum atomic E-state index is 0.666. The third-order valence-electron chi connectivity index (χ3n) is 2.82. The van der Waals surface area contributed by atoms with Crippen molar-refractivity contribution in [3.8, 4) is 5.75 Å². The van der Waals surface area contributed by atoms with Crippen molar-refractivity contribution in [2.24, 2.45) is 5.73 Å². The molecule has 0 aliphatic rings. The summed E-state index contributed by atoms with van der Waals surface area (Å²) in [6.07, 6.45) is 4.81. The Morgan fingerprint density at radius 2 is 2.24 bits per heavy atom. The maximum atomic E-state index is 5.67. The molecule has 1 aromatic heterocycles. The summed E-state index contributed by atoms with van der Waals surface area (Å²) in [5.74, 6) is 0.920. The SMILES string of the molecule is [CH2]CCCOc1ccc2[nH]cc(CCN)c2c1. The van der Waals surface area contributed by atoms with Gasteiger partial charge in [-0.05, 0) is 43.1 Å². The standard InChI is InChI=1S/C14H19N2O/c1-2-3-8-17-12-4-5-14-13(9-12)11(6-7-15)10-16-14/h4-5,9-10,16H,1-3,6-8,15H2. The summed E-state index contributed by atoms with van der Waals surface area (Å²) in [5, 5.41) is 1.21. The zero-order valence-corrected chi connectivity index (χ0v) is 10.0. The minimum Gasteiger partial charge on any atom is -0.494 e. The first-order chi connectivity index (χ1) is 8.35. The molecule has 0 bridgehead atoms. The molecule has 0 aliphatic carbocycles. The second kappa shape index (κ2) is 5.73. The number of nitrogens with one attached hydrogen (secondary N) is 1. The Bertz CT molecular complexity index is 476. The van der Waals surface area contributed by atoms with Crippen molar-refractivity contribution in [3.63, 3.8) is 0 Å². The molecule has 3 heteroatoms. The lowest BCUT2D eigenvalue weighted by molar-refractivity contribution is 0.312. The maximum absolute atomic E-state index is 5.67. The predicted molar refractivity (Wildman–Crippen MR) is 71.1 cm³/mol. The Hall–Kier alpha value is -1.48. The van der Waals surface area contributed by atoms with Crippen molar-refractivity contribution < 1.29 is 4.74 Å². The summed E-state index contributed by atoms with van der Waals surface area (Å²) >= 11 is 0. The lowest BCUT2D eigenvalue weighted by Gasteiger charge is -2.05. The van der Waals surface area contributed by atoms with Crippen LogP contribution in [0.4, 0.5) is 0 Å². The molecule has 0 spiro atoms. The van der Waals surface area contributed by atoms with Gasteiger partial charge in [0.15, 0.2) is 0 Å². The largest absolute Gasteiger partial charge is 0.494 e. The van der Waals surface area contributed by atoms with Crippen LogP contribution in [-0.2, 0) is 6.42 Å². The van der Waals surface area contributed by atoms with E-state index in [4.69, 9.17) is 10.5 Å². The quantitative estimate of drug-likeness (QED) is 0.751. The van der Waals surface area contributed by atoms with Crippen LogP contribution in [-0.4, -0.2) is 18.1 Å². The second-order valence-electron chi connectivity index (χ2n) is 4.12. The first-order valence-corrected chi connectivity index (χ1v) is 6.07. The number of rotatable bonds is 6. The van der Waals surface area contributed by atoms with Gasteiger partial charge in [-0.25, -0.2) is 0 Å². The fourth-order valence-corrected chi connectivity index (χ4v) is 1.90. The van der Waals surface area contributed by atoms with Crippen LogP contribution in [0.5, 0.6) is 5.75 Å². The van der Waals surface area contributed by atoms with Crippen LogP contribution in [0.2, 0.25) is 0 Å². The number of fused-ring (bicyclic) bond motifs is 1. The van der Waals surface area contributed by atoms with Crippen molar-refractivity contribution in [2.45, 2.75) is 19.3 Å². The summed E-state index contributed by atoms with van der Waals surface area (Å²) in [7, 11) is 0. The van der Waals surface area contributed by atoms with E-state index in [-0.39, 0.29) is 0 Å². The highest BCUT2D eigenvalue weighted by Gasteiger charge is 2.04. The van der Waals surface area contributed by atoms with Crippen molar-refractivity contribution >= 4 is 10.9 Å². The number of unbranched alkanes of at least 4 members (excludes halogenated alkanes) is 1. The number of aromatic amines is 1. The lowest BCUT2D eigenvalue weighted by atomic mass is 10.1. The highest BCUT2D eigenvalue weighted by molar-refractivity contribution is 5.84. The number of aromatic nitrogens is 1. The van der Waals surface area contributed by atoms with Gasteiger partial charge in [-0.15, -0.1) is 0 Å². The number of ether oxygens (including phenoxy) is 1. The molecule has 3 nitrogen and oxygen atoms in total. The Morgan fingerprint density at radius 1 is 1.35 bits per heavy atom. The average Bonchev–Trinajstić information content (AvgIpc) is 2.73. The molecule has 0 atom stereocenters. The number of hydrogen-bond donors (Lipinski definition) is 2. The van der Waals surface area contributed by atoms with Crippen LogP contribution < -0.4 is 10.5 Å². The van der Waals surface area contributed by atoms with Gasteiger partial charge < -0.3 is 15.5 Å². The smallest absolute Gasteiger partial charge is 0.120 e. The summed E-state index contributed by atoms with van der Waals surface area (Å²) in [4.78, 5) is 3.25. The molecule has 0 saturated heterocycles. The van der Waals surface area contributed by atoms with Gasteiger partial charge in [-0.1, -0.05) is 13.3 Å². The summed E-state index contributed by atoms with van der Waals surface area (Å²) in [5.41, 5.74) is 7.99. The molecule has 91 valence electrons. The zero-order chi connectivity index (χ0) is 12.1. The van der Waals surface area contributed by atoms with Crippen molar-refractivity contribution in [1.82, 2.24) is 4.98 Å². The first-order valence-electron chi connectivity index (χ1n) is 6.07. The molecule has 0 saturated carbocycles. The Kier molecular flexibility index (Phi) is 4.04. The Labute approximate surface area is 102 Å². The van der Waals surface area contributed by atoms with Crippen molar-refractivity contribution in [1.29, 1.82) is 0 Å². The van der Waals surface area contributed by atoms with E-state index in [1.54, 1.807) is 0 Å². The van der Waals surface area contributed by atoms with E-state index >= 15 is 0 Å². The number of nitrogens with two attached hydrogens (primary N) is 1. The van der Waals surface area contributed by atoms with Gasteiger partial charge in [0.2, 0.25) is 0 Å². The number of benzene rings is 1. The first kappa shape index (κ1) is 12.0. The second-order valence-corrected chi connectivity index (χ2v) is 4.12. The Balaban J connectivity index is 2.18. The summed E-state index contributed by atoms with van der Waals surface area (Å²) < 4.78 is 5.67. The summed E-state index contributed by atoms with van der Waals surface area (Å²) in [6, 6.07) is 6.13. The third-order valence-corrected chi connectivity index (χ3v) is 2.82. The molecule has 2 rings (SSSR count). The average molecular weight is 231 g/mol. The molecule has 1 aromatic carbocycles. The van der Waals surface area contributed by atoms with E-state index in [0.717, 1.165) is 37.1 Å². The van der Waals surface area contributed by atoms with E-state index in [1.807, 2.05) is 12.3 Å². The van der Waals surface area contributed by atoms with Gasteiger partial charge in [-0.2, -0.15) is 0 Å². The lowest BCUT2D eigenvalue weighted by Crippen LogP contribution is -2.02. The number of H-pyrrole nitrogens is 1. The zero-order valence-electron chi connectivity index (χ0n) is 10.0. The highest BCUT2D eigenvalue weighted by Crippen LogP contribution is 2.24. The van der Waals surface area contributed by atoms with Gasteiger partial charge in [0.05, 0.1) is 6.61 Å². The van der Waals surface area contributed by atoms with Crippen molar-refractivity contribution in [2.75, 3.05) is 13.2 Å². The van der Waals surface area contributed by atoms with Gasteiger partial charge in [-0.3, -0.25) is 0 Å². The van der Waals surface area contributed by atoms with E-state index in [0.29, 0.717) is 6.54 Å². The van der Waals surface area contributed by atoms with Gasteiger partial charge in [0.25, 0.3) is 0 Å². The molecule has 0 unspecified atom stereocenters. The number of hydrogen-bond acceptors (Lipinski definition) is 2. The fraction of sp³-hybridized carbons (Fsp3) is 0.357. The summed E-state index contributed by atoms with van der Waals surface area (Å²) in [6.45, 7) is 5.19. The third kappa shape index (κ3) is 2.80. The molecule has 17 heavy (non-hydrogen) atoms. The van der Waals surface area contributed by atoms with E-state index in [2.05, 4.69) is 24.0 Å². The van der Waals surface area contributed by atoms with Crippen LogP contribution in [0.3, 0.4) is 0 Å². The molecule has 1 heterocycles. The molecule has 0 fully saturated rings. The van der Waals surface area contributed by atoms with Crippen LogP contribution >= 0.6 is 0 Å². The molecule has 0 aliphatic heterocycles. The van der Waals surface area contributed by atoms with Crippen molar-refractivity contribution in [3.05, 3.63) is 36.9 Å². The molecule has 1 radical (unpaired) electrons. The maximum Gasteiger partial charge on any atom is 0.120 e. The molecule has 2 aromatic rings. The molecule has 0 amide bonds. The predicted octanol–water partition coefficient (Wildman–Crippen LogP) is 2.66. The van der Waals surface area contributed by atoms with E-state index < -0.39 is 0 Å². The van der Waals surface area contributed by atoms with Gasteiger partial charge >= 0.3 is 0 Å². The van der Waals surface area contributed by atoms with Gasteiger partial charge in [0.1, 0.15) is 5.75 Å². The van der Waals surface area contributed by atoms with Crippen LogP contribution in [0.25, 0.3) is 10.9 Å².